The molecule has 1 saturated carbocycles. The Kier molecular flexibility index (Phi) is 3.92. The molecule has 3 nitrogen and oxygen atoms in total. The smallest absolute Gasteiger partial charge is 0.251 e. The lowest BCUT2D eigenvalue weighted by atomic mass is 10.0. The molecule has 1 aromatic carbocycles. The van der Waals surface area contributed by atoms with Crippen LogP contribution in [0.15, 0.2) is 18.2 Å². The Morgan fingerprint density at radius 3 is 2.79 bits per heavy atom. The zero-order valence-corrected chi connectivity index (χ0v) is 11.4. The first-order chi connectivity index (χ1) is 9.04. The van der Waals surface area contributed by atoms with Crippen LogP contribution in [0.3, 0.4) is 0 Å². The Balaban J connectivity index is 2.04. The molecule has 0 aliphatic heterocycles. The van der Waals surface area contributed by atoms with E-state index in [-0.39, 0.29) is 12.5 Å². The van der Waals surface area contributed by atoms with E-state index in [1.54, 1.807) is 6.07 Å². The van der Waals surface area contributed by atoms with Crippen LogP contribution < -0.4 is 5.32 Å². The molecule has 0 radical (unpaired) electrons. The van der Waals surface area contributed by atoms with Gasteiger partial charge in [0.2, 0.25) is 0 Å². The average molecular weight is 257 g/mol. The van der Waals surface area contributed by atoms with Crippen molar-refractivity contribution in [1.29, 1.82) is 0 Å². The van der Waals surface area contributed by atoms with E-state index in [0.29, 0.717) is 11.0 Å². The number of hydrogen-bond acceptors (Lipinski definition) is 2. The second-order valence-corrected chi connectivity index (χ2v) is 5.48. The molecule has 1 amide bonds. The van der Waals surface area contributed by atoms with E-state index in [4.69, 9.17) is 5.11 Å². The van der Waals surface area contributed by atoms with Crippen LogP contribution in [-0.4, -0.2) is 24.2 Å². The van der Waals surface area contributed by atoms with Crippen molar-refractivity contribution in [2.75, 3.05) is 13.2 Å². The number of hydrogen-bond donors (Lipinski definition) is 2. The Hall–Kier alpha value is -1.79. The molecule has 0 saturated heterocycles. The van der Waals surface area contributed by atoms with E-state index in [0.717, 1.165) is 17.7 Å². The van der Waals surface area contributed by atoms with Crippen LogP contribution in [-0.2, 0) is 0 Å². The SMILES string of the molecule is Cc1cc(C(=O)NCC2(C)CC2)ccc1C#CCO. The summed E-state index contributed by atoms with van der Waals surface area (Å²) in [5.74, 6) is 5.45. The maximum absolute atomic E-state index is 12.0. The number of nitrogens with one attached hydrogen (secondary N) is 1. The summed E-state index contributed by atoms with van der Waals surface area (Å²) in [6, 6.07) is 5.44. The lowest BCUT2D eigenvalue weighted by Gasteiger charge is -2.10. The molecule has 1 aromatic rings. The summed E-state index contributed by atoms with van der Waals surface area (Å²) in [4.78, 5) is 12.0. The fourth-order valence-electron chi connectivity index (χ4n) is 1.87. The van der Waals surface area contributed by atoms with Gasteiger partial charge in [-0.1, -0.05) is 18.8 Å². The molecule has 2 rings (SSSR count). The van der Waals surface area contributed by atoms with Gasteiger partial charge in [-0.05, 0) is 48.9 Å². The van der Waals surface area contributed by atoms with E-state index in [1.165, 1.54) is 12.8 Å². The summed E-state index contributed by atoms with van der Waals surface area (Å²) in [6.45, 7) is 4.70. The molecule has 100 valence electrons. The minimum Gasteiger partial charge on any atom is -0.384 e. The quantitative estimate of drug-likeness (QED) is 0.812. The summed E-state index contributed by atoms with van der Waals surface area (Å²) < 4.78 is 0. The fraction of sp³-hybridized carbons (Fsp3) is 0.438. The van der Waals surface area contributed by atoms with Gasteiger partial charge in [-0.2, -0.15) is 0 Å². The number of aryl methyl sites for hydroxylation is 1. The van der Waals surface area contributed by atoms with E-state index in [2.05, 4.69) is 24.1 Å². The summed E-state index contributed by atoms with van der Waals surface area (Å²) in [6.07, 6.45) is 2.39. The molecule has 0 bridgehead atoms. The molecule has 0 aromatic heterocycles. The number of aliphatic hydroxyl groups excluding tert-OH is 1. The summed E-state index contributed by atoms with van der Waals surface area (Å²) in [7, 11) is 0. The molecular formula is C16H19NO2. The van der Waals surface area contributed by atoms with Gasteiger partial charge in [-0.25, -0.2) is 0 Å². The standard InChI is InChI=1S/C16H19NO2/c1-12-10-14(6-5-13(12)4-3-9-18)15(19)17-11-16(2)7-8-16/h5-6,10,18H,7-9,11H2,1-2H3,(H,17,19). The molecule has 19 heavy (non-hydrogen) atoms. The van der Waals surface area contributed by atoms with Crippen LogP contribution in [0, 0.1) is 24.2 Å². The summed E-state index contributed by atoms with van der Waals surface area (Å²) >= 11 is 0. The first-order valence-corrected chi connectivity index (χ1v) is 6.53. The second kappa shape index (κ2) is 5.46. The lowest BCUT2D eigenvalue weighted by molar-refractivity contribution is 0.0946. The Bertz CT molecular complexity index is 548. The Labute approximate surface area is 114 Å². The normalized spacial score (nSPS) is 15.3. The van der Waals surface area contributed by atoms with Crippen molar-refractivity contribution >= 4 is 5.91 Å². The molecule has 0 atom stereocenters. The zero-order valence-electron chi connectivity index (χ0n) is 11.4. The highest BCUT2D eigenvalue weighted by atomic mass is 16.2. The van der Waals surface area contributed by atoms with Crippen molar-refractivity contribution < 1.29 is 9.90 Å². The van der Waals surface area contributed by atoms with Gasteiger partial charge in [0.05, 0.1) is 0 Å². The van der Waals surface area contributed by atoms with Crippen LogP contribution in [0.1, 0.15) is 41.3 Å². The van der Waals surface area contributed by atoms with Gasteiger partial charge in [0.25, 0.3) is 5.91 Å². The Morgan fingerprint density at radius 2 is 2.21 bits per heavy atom. The molecule has 1 aliphatic rings. The van der Waals surface area contributed by atoms with E-state index in [1.807, 2.05) is 19.1 Å². The molecule has 1 fully saturated rings. The number of carbonyl (C=O) groups excluding carboxylic acids is 1. The molecule has 0 heterocycles. The summed E-state index contributed by atoms with van der Waals surface area (Å²) in [5.41, 5.74) is 2.78. The van der Waals surface area contributed by atoms with Gasteiger partial charge >= 0.3 is 0 Å². The first kappa shape index (κ1) is 13.6. The largest absolute Gasteiger partial charge is 0.384 e. The van der Waals surface area contributed by atoms with Gasteiger partial charge < -0.3 is 10.4 Å². The minimum atomic E-state index is -0.153. The highest BCUT2D eigenvalue weighted by molar-refractivity contribution is 5.94. The van der Waals surface area contributed by atoms with Gasteiger partial charge in [0.15, 0.2) is 0 Å². The maximum atomic E-state index is 12.0. The highest BCUT2D eigenvalue weighted by Crippen LogP contribution is 2.44. The molecule has 1 aliphatic carbocycles. The topological polar surface area (TPSA) is 49.3 Å². The molecule has 0 spiro atoms. The van der Waals surface area contributed by atoms with E-state index < -0.39 is 0 Å². The molecule has 2 N–H and O–H groups in total. The van der Waals surface area contributed by atoms with Crippen LogP contribution in [0.2, 0.25) is 0 Å². The van der Waals surface area contributed by atoms with Gasteiger partial charge in [0, 0.05) is 17.7 Å². The van der Waals surface area contributed by atoms with Gasteiger partial charge in [-0.15, -0.1) is 0 Å². The minimum absolute atomic E-state index is 0.0297. The monoisotopic (exact) mass is 257 g/mol. The summed E-state index contributed by atoms with van der Waals surface area (Å²) in [5, 5.41) is 11.7. The van der Waals surface area contributed by atoms with Gasteiger partial charge in [-0.3, -0.25) is 4.79 Å². The van der Waals surface area contributed by atoms with Crippen LogP contribution in [0.4, 0.5) is 0 Å². The number of aliphatic hydroxyl groups is 1. The maximum Gasteiger partial charge on any atom is 0.251 e. The molecule has 0 unspecified atom stereocenters. The predicted molar refractivity (Wildman–Crippen MR) is 74.8 cm³/mol. The second-order valence-electron chi connectivity index (χ2n) is 5.48. The third kappa shape index (κ3) is 3.59. The third-order valence-electron chi connectivity index (χ3n) is 3.57. The number of rotatable bonds is 3. The predicted octanol–water partition coefficient (Wildman–Crippen LogP) is 1.87. The lowest BCUT2D eigenvalue weighted by Crippen LogP contribution is -2.29. The fourth-order valence-corrected chi connectivity index (χ4v) is 1.87. The van der Waals surface area contributed by atoms with Crippen molar-refractivity contribution in [2.24, 2.45) is 5.41 Å². The van der Waals surface area contributed by atoms with E-state index in [9.17, 15) is 4.79 Å². The van der Waals surface area contributed by atoms with Crippen molar-refractivity contribution in [3.05, 3.63) is 34.9 Å². The van der Waals surface area contributed by atoms with Crippen LogP contribution >= 0.6 is 0 Å². The highest BCUT2D eigenvalue weighted by Gasteiger charge is 2.37. The Morgan fingerprint density at radius 1 is 1.47 bits per heavy atom. The van der Waals surface area contributed by atoms with Crippen molar-refractivity contribution in [1.82, 2.24) is 5.32 Å². The zero-order chi connectivity index (χ0) is 13.9. The van der Waals surface area contributed by atoms with Crippen LogP contribution in [0.5, 0.6) is 0 Å². The number of benzene rings is 1. The molecule has 3 heteroatoms. The number of carbonyl (C=O) groups is 1. The average Bonchev–Trinajstić information content (AvgIpc) is 3.13. The first-order valence-electron chi connectivity index (χ1n) is 6.53. The van der Waals surface area contributed by atoms with Crippen molar-refractivity contribution in [2.45, 2.75) is 26.7 Å². The van der Waals surface area contributed by atoms with Crippen molar-refractivity contribution in [3.63, 3.8) is 0 Å². The van der Waals surface area contributed by atoms with E-state index >= 15 is 0 Å². The van der Waals surface area contributed by atoms with Crippen LogP contribution in [0.25, 0.3) is 0 Å². The van der Waals surface area contributed by atoms with Crippen molar-refractivity contribution in [3.8, 4) is 11.8 Å². The molecular weight excluding hydrogens is 238 g/mol. The van der Waals surface area contributed by atoms with Gasteiger partial charge in [0.1, 0.15) is 6.61 Å². The number of amides is 1. The third-order valence-corrected chi connectivity index (χ3v) is 3.57.